The lowest BCUT2D eigenvalue weighted by Crippen LogP contribution is -2.24. The summed E-state index contributed by atoms with van der Waals surface area (Å²) in [7, 11) is -0.851. The maximum absolute atomic E-state index is 12.2. The Kier molecular flexibility index (Phi) is 4.88. The Balaban J connectivity index is 2.16. The lowest BCUT2D eigenvalue weighted by atomic mass is 10.2. The molecular weight excluding hydrogens is 308 g/mol. The molecule has 0 spiro atoms. The van der Waals surface area contributed by atoms with Gasteiger partial charge < -0.3 is 9.47 Å². The lowest BCUT2D eigenvalue weighted by Gasteiger charge is -2.08. The molecule has 118 valence electrons. The average molecular weight is 324 g/mol. The van der Waals surface area contributed by atoms with Gasteiger partial charge in [0.05, 0.1) is 25.7 Å². The van der Waals surface area contributed by atoms with Gasteiger partial charge in [-0.15, -0.1) is 4.98 Å². The number of benzene rings is 1. The van der Waals surface area contributed by atoms with Gasteiger partial charge in [-0.25, -0.2) is 13.1 Å². The number of aryl methyl sites for hydroxylation is 1. The number of aromatic nitrogens is 3. The summed E-state index contributed by atoms with van der Waals surface area (Å²) in [6.07, 6.45) is 0. The van der Waals surface area contributed by atoms with Gasteiger partial charge in [0, 0.05) is 0 Å². The summed E-state index contributed by atoms with van der Waals surface area (Å²) in [5.41, 5.74) is 0.978. The largest absolute Gasteiger partial charge is 0.467 e. The molecule has 0 saturated carbocycles. The number of nitrogens with one attached hydrogen (secondary N) is 1. The molecule has 0 fully saturated rings. The Labute approximate surface area is 128 Å². The first-order chi connectivity index (χ1) is 10.4. The molecule has 8 nitrogen and oxygen atoms in total. The number of ether oxygens (including phenoxy) is 2. The third-order valence-electron chi connectivity index (χ3n) is 2.76. The molecule has 2 rings (SSSR count). The van der Waals surface area contributed by atoms with Crippen LogP contribution in [0.5, 0.6) is 12.0 Å². The Bertz CT molecular complexity index is 725. The fourth-order valence-corrected chi connectivity index (χ4v) is 2.58. The zero-order valence-electron chi connectivity index (χ0n) is 12.4. The van der Waals surface area contributed by atoms with Crippen molar-refractivity contribution in [2.45, 2.75) is 18.4 Å². The van der Waals surface area contributed by atoms with E-state index in [4.69, 9.17) is 9.47 Å². The van der Waals surface area contributed by atoms with Crippen LogP contribution in [0, 0.1) is 6.92 Å². The highest BCUT2D eigenvalue weighted by Gasteiger charge is 2.15. The minimum Gasteiger partial charge on any atom is -0.467 e. The summed E-state index contributed by atoms with van der Waals surface area (Å²) in [4.78, 5) is 11.9. The van der Waals surface area contributed by atoms with Crippen molar-refractivity contribution in [2.24, 2.45) is 0 Å². The summed E-state index contributed by atoms with van der Waals surface area (Å²) >= 11 is 0. The number of hydrogen-bond acceptors (Lipinski definition) is 7. The van der Waals surface area contributed by atoms with E-state index in [1.807, 2.05) is 6.92 Å². The van der Waals surface area contributed by atoms with Crippen LogP contribution in [0.1, 0.15) is 11.4 Å². The van der Waals surface area contributed by atoms with Gasteiger partial charge in [-0.05, 0) is 19.1 Å². The van der Waals surface area contributed by atoms with Gasteiger partial charge in [-0.3, -0.25) is 0 Å². The molecule has 2 aromatic rings. The highest BCUT2D eigenvalue weighted by atomic mass is 32.2. The van der Waals surface area contributed by atoms with E-state index < -0.39 is 10.0 Å². The number of methoxy groups -OCH3 is 2. The molecule has 1 heterocycles. The molecule has 0 atom stereocenters. The Morgan fingerprint density at radius 1 is 1.00 bits per heavy atom. The maximum Gasteiger partial charge on any atom is 0.322 e. The number of nitrogens with zero attached hydrogens (tertiary/aromatic N) is 3. The second-order valence-electron chi connectivity index (χ2n) is 4.36. The van der Waals surface area contributed by atoms with Crippen molar-refractivity contribution in [1.29, 1.82) is 0 Å². The van der Waals surface area contributed by atoms with Gasteiger partial charge in [0.2, 0.25) is 10.0 Å². The Morgan fingerprint density at radius 3 is 2.05 bits per heavy atom. The molecular formula is C13H16N4O4S. The molecule has 0 bridgehead atoms. The van der Waals surface area contributed by atoms with E-state index in [1.54, 1.807) is 12.1 Å². The highest BCUT2D eigenvalue weighted by Crippen LogP contribution is 2.12. The van der Waals surface area contributed by atoms with Crippen LogP contribution in [0.25, 0.3) is 0 Å². The first-order valence-corrected chi connectivity index (χ1v) is 7.82. The molecule has 1 N–H and O–H groups in total. The van der Waals surface area contributed by atoms with Crippen LogP contribution >= 0.6 is 0 Å². The highest BCUT2D eigenvalue weighted by molar-refractivity contribution is 7.89. The average Bonchev–Trinajstić information content (AvgIpc) is 2.53. The first kappa shape index (κ1) is 16.1. The summed E-state index contributed by atoms with van der Waals surface area (Å²) < 4.78 is 36.6. The van der Waals surface area contributed by atoms with Crippen LogP contribution in [0.3, 0.4) is 0 Å². The monoisotopic (exact) mass is 324 g/mol. The van der Waals surface area contributed by atoms with Crippen LogP contribution in [0.15, 0.2) is 29.2 Å². The van der Waals surface area contributed by atoms with E-state index in [-0.39, 0.29) is 29.3 Å². The second kappa shape index (κ2) is 6.67. The number of rotatable bonds is 6. The molecule has 1 aromatic carbocycles. The van der Waals surface area contributed by atoms with Crippen molar-refractivity contribution in [3.63, 3.8) is 0 Å². The molecule has 0 unspecified atom stereocenters. The summed E-state index contributed by atoms with van der Waals surface area (Å²) in [5.74, 6) is 0.194. The third kappa shape index (κ3) is 3.89. The predicted octanol–water partition coefficient (Wildman–Crippen LogP) is 0.676. The fourth-order valence-electron chi connectivity index (χ4n) is 1.60. The zero-order valence-corrected chi connectivity index (χ0v) is 13.2. The van der Waals surface area contributed by atoms with Gasteiger partial charge >= 0.3 is 12.0 Å². The second-order valence-corrected chi connectivity index (χ2v) is 6.13. The molecule has 9 heteroatoms. The minimum atomic E-state index is -3.65. The van der Waals surface area contributed by atoms with Crippen LogP contribution in [0.2, 0.25) is 0 Å². The van der Waals surface area contributed by atoms with Crippen molar-refractivity contribution in [2.75, 3.05) is 14.2 Å². The van der Waals surface area contributed by atoms with Crippen molar-refractivity contribution < 1.29 is 17.9 Å². The molecule has 0 aliphatic heterocycles. The standard InChI is InChI=1S/C13H16N4O4S/c1-9-4-6-10(7-5-9)22(18,19)14-8-11-15-12(20-2)17-13(16-11)21-3/h4-7,14H,8H2,1-3H3. The van der Waals surface area contributed by atoms with Crippen molar-refractivity contribution in [3.05, 3.63) is 35.7 Å². The van der Waals surface area contributed by atoms with Gasteiger partial charge in [0.1, 0.15) is 0 Å². The van der Waals surface area contributed by atoms with Crippen molar-refractivity contribution in [3.8, 4) is 12.0 Å². The summed E-state index contributed by atoms with van der Waals surface area (Å²) in [6, 6.07) is 6.62. The molecule has 0 amide bonds. The molecule has 0 saturated heterocycles. The smallest absolute Gasteiger partial charge is 0.322 e. The van der Waals surface area contributed by atoms with E-state index in [0.717, 1.165) is 5.56 Å². The van der Waals surface area contributed by atoms with Crippen LogP contribution in [0.4, 0.5) is 0 Å². The van der Waals surface area contributed by atoms with Crippen LogP contribution in [-0.2, 0) is 16.6 Å². The van der Waals surface area contributed by atoms with Crippen LogP contribution < -0.4 is 14.2 Å². The molecule has 0 aliphatic rings. The number of sulfonamides is 1. The van der Waals surface area contributed by atoms with Crippen molar-refractivity contribution in [1.82, 2.24) is 19.7 Å². The Hall–Kier alpha value is -2.26. The maximum atomic E-state index is 12.2. The van der Waals surface area contributed by atoms with E-state index in [9.17, 15) is 8.42 Å². The van der Waals surface area contributed by atoms with E-state index >= 15 is 0 Å². The SMILES string of the molecule is COc1nc(CNS(=O)(=O)c2ccc(C)cc2)nc(OC)n1. The van der Waals surface area contributed by atoms with Gasteiger partial charge in [0.15, 0.2) is 5.82 Å². The normalized spacial score (nSPS) is 11.2. The van der Waals surface area contributed by atoms with E-state index in [0.29, 0.717) is 0 Å². The Morgan fingerprint density at radius 2 is 1.55 bits per heavy atom. The predicted molar refractivity (Wildman–Crippen MR) is 78.1 cm³/mol. The quantitative estimate of drug-likeness (QED) is 0.833. The lowest BCUT2D eigenvalue weighted by molar-refractivity contribution is 0.336. The van der Waals surface area contributed by atoms with E-state index in [1.165, 1.54) is 26.4 Å². The molecule has 0 aliphatic carbocycles. The van der Waals surface area contributed by atoms with Gasteiger partial charge in [-0.1, -0.05) is 17.7 Å². The fraction of sp³-hybridized carbons (Fsp3) is 0.308. The topological polar surface area (TPSA) is 103 Å². The molecule has 1 aromatic heterocycles. The summed E-state index contributed by atoms with van der Waals surface area (Å²) in [5, 5.41) is 0. The van der Waals surface area contributed by atoms with Gasteiger partial charge in [-0.2, -0.15) is 9.97 Å². The molecule has 22 heavy (non-hydrogen) atoms. The molecule has 0 radical (unpaired) electrons. The zero-order chi connectivity index (χ0) is 16.2. The van der Waals surface area contributed by atoms with Crippen LogP contribution in [-0.4, -0.2) is 37.6 Å². The van der Waals surface area contributed by atoms with Gasteiger partial charge in [0.25, 0.3) is 0 Å². The minimum absolute atomic E-state index is 0.0522. The third-order valence-corrected chi connectivity index (χ3v) is 4.17. The first-order valence-electron chi connectivity index (χ1n) is 6.34. The number of hydrogen-bond donors (Lipinski definition) is 1. The van der Waals surface area contributed by atoms with E-state index in [2.05, 4.69) is 19.7 Å². The summed E-state index contributed by atoms with van der Waals surface area (Å²) in [6.45, 7) is 1.78. The van der Waals surface area contributed by atoms with Crippen molar-refractivity contribution >= 4 is 10.0 Å².